The average molecular weight is 409 g/mol. The molecule has 0 saturated heterocycles. The molecule has 1 rings (SSSR count). The largest absolute Gasteiger partial charge is 0.494 e. The van der Waals surface area contributed by atoms with Crippen LogP contribution in [0, 0.1) is 0 Å². The Balaban J connectivity index is 2.75. The van der Waals surface area contributed by atoms with Crippen LogP contribution in [0.5, 0.6) is 5.75 Å². The van der Waals surface area contributed by atoms with Gasteiger partial charge in [-0.05, 0) is 68.3 Å². The van der Waals surface area contributed by atoms with Crippen molar-refractivity contribution in [2.75, 3.05) is 19.8 Å². The van der Waals surface area contributed by atoms with Gasteiger partial charge in [0.15, 0.2) is 0 Å². The summed E-state index contributed by atoms with van der Waals surface area (Å²) in [6.45, 7) is 19.6. The number of hydrogen-bond donors (Lipinski definition) is 0. The Labute approximate surface area is 182 Å². The standard InChI is InChI=1S/C27H36O3/c1-8-13-14-24(10-3)30-25(11-4)19-22(9-2)20-28-21-27(6,7)23-15-17-26(18-16-23)29-12-5/h8-11,13-19H,2-3,12,20-21H2,1,4-7H3/b13-8-,22-19+,24-14+,25-11+. The maximum atomic E-state index is 6.03. The Bertz CT molecular complexity index is 790. The van der Waals surface area contributed by atoms with Gasteiger partial charge < -0.3 is 14.2 Å². The first kappa shape index (κ1) is 25.3. The van der Waals surface area contributed by atoms with Crippen LogP contribution >= 0.6 is 0 Å². The average Bonchev–Trinajstić information content (AvgIpc) is 2.75. The molecule has 162 valence electrons. The lowest BCUT2D eigenvalue weighted by Gasteiger charge is -2.25. The molecule has 3 nitrogen and oxygen atoms in total. The monoisotopic (exact) mass is 408 g/mol. The first-order chi connectivity index (χ1) is 14.4. The molecule has 0 unspecified atom stereocenters. The summed E-state index contributed by atoms with van der Waals surface area (Å²) in [5.41, 5.74) is 2.03. The highest BCUT2D eigenvalue weighted by Gasteiger charge is 2.21. The van der Waals surface area contributed by atoms with Crippen LogP contribution in [-0.2, 0) is 14.9 Å². The molecule has 0 amide bonds. The Kier molecular flexibility index (Phi) is 11.3. The fourth-order valence-electron chi connectivity index (χ4n) is 2.66. The van der Waals surface area contributed by atoms with Gasteiger partial charge in [-0.3, -0.25) is 0 Å². The van der Waals surface area contributed by atoms with Gasteiger partial charge >= 0.3 is 0 Å². The van der Waals surface area contributed by atoms with Crippen LogP contribution in [0.2, 0.25) is 0 Å². The highest BCUT2D eigenvalue weighted by atomic mass is 16.5. The van der Waals surface area contributed by atoms with E-state index in [2.05, 4.69) is 39.1 Å². The summed E-state index contributed by atoms with van der Waals surface area (Å²) in [5, 5.41) is 0. The van der Waals surface area contributed by atoms with Crippen molar-refractivity contribution in [1.82, 2.24) is 0 Å². The van der Waals surface area contributed by atoms with E-state index >= 15 is 0 Å². The van der Waals surface area contributed by atoms with E-state index in [9.17, 15) is 0 Å². The fourth-order valence-corrected chi connectivity index (χ4v) is 2.66. The molecule has 1 aromatic rings. The third-order valence-corrected chi connectivity index (χ3v) is 4.44. The van der Waals surface area contributed by atoms with E-state index in [0.717, 1.165) is 17.1 Å². The summed E-state index contributed by atoms with van der Waals surface area (Å²) in [7, 11) is 0. The molecular formula is C27H36O3. The number of allylic oxidation sites excluding steroid dienone is 6. The van der Waals surface area contributed by atoms with Crippen LogP contribution in [-0.4, -0.2) is 19.8 Å². The molecular weight excluding hydrogens is 372 g/mol. The molecule has 0 atom stereocenters. The second kappa shape index (κ2) is 13.4. The molecule has 0 fully saturated rings. The second-order valence-electron chi connectivity index (χ2n) is 7.35. The SMILES string of the molecule is C=C/C(=C\C(=C/C)O/C(C=C)=C/C=C\C)COCC(C)(C)c1ccc(OCC)cc1. The second-order valence-corrected chi connectivity index (χ2v) is 7.35. The van der Waals surface area contributed by atoms with E-state index < -0.39 is 0 Å². The molecule has 0 heterocycles. The van der Waals surface area contributed by atoms with E-state index in [-0.39, 0.29) is 5.41 Å². The molecule has 0 radical (unpaired) electrons. The van der Waals surface area contributed by atoms with Crippen molar-refractivity contribution < 1.29 is 14.2 Å². The Morgan fingerprint density at radius 2 is 1.73 bits per heavy atom. The Hall–Kier alpha value is -2.78. The van der Waals surface area contributed by atoms with Gasteiger partial charge in [0.05, 0.1) is 19.8 Å². The number of benzene rings is 1. The molecule has 0 aliphatic rings. The lowest BCUT2D eigenvalue weighted by Crippen LogP contribution is -2.24. The van der Waals surface area contributed by atoms with Crippen LogP contribution in [0.25, 0.3) is 0 Å². The van der Waals surface area contributed by atoms with E-state index in [1.54, 1.807) is 12.2 Å². The van der Waals surface area contributed by atoms with Gasteiger partial charge in [-0.2, -0.15) is 0 Å². The third-order valence-electron chi connectivity index (χ3n) is 4.44. The molecule has 0 bridgehead atoms. The van der Waals surface area contributed by atoms with Crippen molar-refractivity contribution in [2.24, 2.45) is 0 Å². The Morgan fingerprint density at radius 3 is 2.27 bits per heavy atom. The predicted octanol–water partition coefficient (Wildman–Crippen LogP) is 7.06. The lowest BCUT2D eigenvalue weighted by molar-refractivity contribution is 0.114. The zero-order chi connectivity index (χ0) is 22.4. The summed E-state index contributed by atoms with van der Waals surface area (Å²) in [6, 6.07) is 8.20. The summed E-state index contributed by atoms with van der Waals surface area (Å²) in [5.74, 6) is 2.28. The van der Waals surface area contributed by atoms with Crippen LogP contribution in [0.1, 0.15) is 40.2 Å². The highest BCUT2D eigenvalue weighted by molar-refractivity contribution is 5.32. The quantitative estimate of drug-likeness (QED) is 0.258. The summed E-state index contributed by atoms with van der Waals surface area (Å²) >= 11 is 0. The van der Waals surface area contributed by atoms with Gasteiger partial charge in [0.1, 0.15) is 17.3 Å². The summed E-state index contributed by atoms with van der Waals surface area (Å²) in [6.07, 6.45) is 13.0. The number of rotatable bonds is 13. The zero-order valence-electron chi connectivity index (χ0n) is 19.1. The molecule has 0 spiro atoms. The van der Waals surface area contributed by atoms with Gasteiger partial charge in [0, 0.05) is 5.41 Å². The highest BCUT2D eigenvalue weighted by Crippen LogP contribution is 2.26. The summed E-state index contributed by atoms with van der Waals surface area (Å²) in [4.78, 5) is 0. The molecule has 0 N–H and O–H groups in total. The predicted molar refractivity (Wildman–Crippen MR) is 128 cm³/mol. The van der Waals surface area contributed by atoms with E-state index in [0.29, 0.717) is 25.6 Å². The van der Waals surface area contributed by atoms with Crippen LogP contribution in [0.3, 0.4) is 0 Å². The first-order valence-electron chi connectivity index (χ1n) is 10.3. The summed E-state index contributed by atoms with van der Waals surface area (Å²) < 4.78 is 17.4. The normalized spacial score (nSPS) is 13.4. The maximum absolute atomic E-state index is 6.03. The molecule has 0 aliphatic heterocycles. The molecule has 3 heteroatoms. The van der Waals surface area contributed by atoms with E-state index in [1.807, 2.05) is 63.3 Å². The van der Waals surface area contributed by atoms with Gasteiger partial charge in [-0.1, -0.05) is 57.4 Å². The third kappa shape index (κ3) is 8.71. The number of hydrogen-bond acceptors (Lipinski definition) is 3. The van der Waals surface area contributed by atoms with E-state index in [4.69, 9.17) is 14.2 Å². The lowest BCUT2D eigenvalue weighted by atomic mass is 9.85. The molecule has 0 aliphatic carbocycles. The van der Waals surface area contributed by atoms with Crippen LogP contribution in [0.4, 0.5) is 0 Å². The minimum atomic E-state index is -0.123. The number of ether oxygens (including phenoxy) is 3. The van der Waals surface area contributed by atoms with E-state index in [1.165, 1.54) is 5.56 Å². The topological polar surface area (TPSA) is 27.7 Å². The van der Waals surface area contributed by atoms with Crippen molar-refractivity contribution in [3.8, 4) is 5.75 Å². The minimum absolute atomic E-state index is 0.123. The molecule has 30 heavy (non-hydrogen) atoms. The molecule has 0 aromatic heterocycles. The first-order valence-corrected chi connectivity index (χ1v) is 10.3. The van der Waals surface area contributed by atoms with Crippen molar-refractivity contribution in [3.63, 3.8) is 0 Å². The molecule has 0 saturated carbocycles. The van der Waals surface area contributed by atoms with Crippen molar-refractivity contribution in [2.45, 2.75) is 40.0 Å². The van der Waals surface area contributed by atoms with Gasteiger partial charge in [0.25, 0.3) is 0 Å². The van der Waals surface area contributed by atoms with Crippen LogP contribution < -0.4 is 4.74 Å². The minimum Gasteiger partial charge on any atom is -0.494 e. The van der Waals surface area contributed by atoms with Gasteiger partial charge in [0.2, 0.25) is 0 Å². The van der Waals surface area contributed by atoms with Crippen molar-refractivity contribution in [1.29, 1.82) is 0 Å². The van der Waals surface area contributed by atoms with Crippen LogP contribution in [0.15, 0.2) is 97.0 Å². The zero-order valence-corrected chi connectivity index (χ0v) is 19.1. The smallest absolute Gasteiger partial charge is 0.126 e. The van der Waals surface area contributed by atoms with Gasteiger partial charge in [-0.15, -0.1) is 0 Å². The Morgan fingerprint density at radius 1 is 1.03 bits per heavy atom. The maximum Gasteiger partial charge on any atom is 0.126 e. The van der Waals surface area contributed by atoms with Gasteiger partial charge in [-0.25, -0.2) is 0 Å². The fraction of sp³-hybridized carbons (Fsp3) is 0.333. The van der Waals surface area contributed by atoms with Crippen molar-refractivity contribution >= 4 is 0 Å². The van der Waals surface area contributed by atoms with Crippen molar-refractivity contribution in [3.05, 3.63) is 103 Å². The molecule has 1 aromatic carbocycles.